The summed E-state index contributed by atoms with van der Waals surface area (Å²) < 4.78 is 5.68. The van der Waals surface area contributed by atoms with Crippen molar-refractivity contribution < 1.29 is 4.74 Å². The second kappa shape index (κ2) is 4.94. The fourth-order valence-corrected chi connectivity index (χ4v) is 1.61. The van der Waals surface area contributed by atoms with Gasteiger partial charge in [0.15, 0.2) is 0 Å². The number of thiol groups is 1. The van der Waals surface area contributed by atoms with Gasteiger partial charge in [-0.2, -0.15) is 5.26 Å². The molecule has 0 spiro atoms. The Kier molecular flexibility index (Phi) is 3.36. The first-order valence-electron chi connectivity index (χ1n) is 5.17. The Hall–Kier alpha value is -1.92. The molecule has 0 radical (unpaired) electrons. The molecule has 0 aromatic heterocycles. The van der Waals surface area contributed by atoms with E-state index in [4.69, 9.17) is 10.00 Å². The summed E-state index contributed by atoms with van der Waals surface area (Å²) >= 11 is 4.30. The Balaban J connectivity index is 2.32. The Morgan fingerprint density at radius 3 is 2.65 bits per heavy atom. The molecular formula is C14H11NOS. The SMILES string of the molecule is Cc1cc(Oc2ccccc2C#N)ccc1S. The van der Waals surface area contributed by atoms with Gasteiger partial charge in [0, 0.05) is 4.90 Å². The van der Waals surface area contributed by atoms with Crippen molar-refractivity contribution in [2.75, 3.05) is 0 Å². The summed E-state index contributed by atoms with van der Waals surface area (Å²) in [7, 11) is 0. The van der Waals surface area contributed by atoms with Crippen molar-refractivity contribution in [1.82, 2.24) is 0 Å². The molecule has 84 valence electrons. The van der Waals surface area contributed by atoms with Crippen LogP contribution in [0.3, 0.4) is 0 Å². The van der Waals surface area contributed by atoms with Crippen LogP contribution in [0.5, 0.6) is 11.5 Å². The molecule has 0 fully saturated rings. The van der Waals surface area contributed by atoms with E-state index in [1.54, 1.807) is 12.1 Å². The van der Waals surface area contributed by atoms with Crippen LogP contribution >= 0.6 is 12.6 Å². The molecule has 2 aromatic carbocycles. The summed E-state index contributed by atoms with van der Waals surface area (Å²) in [5.74, 6) is 1.28. The minimum Gasteiger partial charge on any atom is -0.456 e. The van der Waals surface area contributed by atoms with E-state index in [1.165, 1.54) is 0 Å². The van der Waals surface area contributed by atoms with E-state index in [9.17, 15) is 0 Å². The van der Waals surface area contributed by atoms with Crippen LogP contribution in [-0.2, 0) is 0 Å². The number of nitrogens with zero attached hydrogens (tertiary/aromatic N) is 1. The van der Waals surface area contributed by atoms with E-state index in [0.717, 1.165) is 10.5 Å². The van der Waals surface area contributed by atoms with E-state index in [2.05, 4.69) is 18.7 Å². The highest BCUT2D eigenvalue weighted by Gasteiger charge is 2.04. The zero-order chi connectivity index (χ0) is 12.3. The van der Waals surface area contributed by atoms with E-state index >= 15 is 0 Å². The second-order valence-electron chi connectivity index (χ2n) is 3.66. The second-order valence-corrected chi connectivity index (χ2v) is 4.14. The van der Waals surface area contributed by atoms with Crippen molar-refractivity contribution >= 4 is 12.6 Å². The smallest absolute Gasteiger partial charge is 0.145 e. The molecule has 0 N–H and O–H groups in total. The molecule has 2 rings (SSSR count). The van der Waals surface area contributed by atoms with E-state index < -0.39 is 0 Å². The van der Waals surface area contributed by atoms with Crippen LogP contribution in [0.15, 0.2) is 47.4 Å². The minimum absolute atomic E-state index is 0.528. The average molecular weight is 241 g/mol. The van der Waals surface area contributed by atoms with Gasteiger partial charge in [0.05, 0.1) is 5.56 Å². The number of aryl methyl sites for hydroxylation is 1. The lowest BCUT2D eigenvalue weighted by Crippen LogP contribution is -1.88. The molecule has 0 atom stereocenters. The van der Waals surface area contributed by atoms with Crippen molar-refractivity contribution in [2.24, 2.45) is 0 Å². The van der Waals surface area contributed by atoms with Gasteiger partial charge in [-0.15, -0.1) is 12.6 Å². The molecule has 0 heterocycles. The molecule has 0 aliphatic carbocycles. The number of nitriles is 1. The van der Waals surface area contributed by atoms with Crippen molar-refractivity contribution in [3.63, 3.8) is 0 Å². The van der Waals surface area contributed by atoms with Gasteiger partial charge in [-0.3, -0.25) is 0 Å². The summed E-state index contributed by atoms with van der Waals surface area (Å²) in [5.41, 5.74) is 1.57. The van der Waals surface area contributed by atoms with E-state index in [-0.39, 0.29) is 0 Å². The number of rotatable bonds is 2. The molecule has 0 bridgehead atoms. The van der Waals surface area contributed by atoms with Gasteiger partial charge in [0.25, 0.3) is 0 Å². The van der Waals surface area contributed by atoms with Gasteiger partial charge in [-0.1, -0.05) is 12.1 Å². The summed E-state index contributed by atoms with van der Waals surface area (Å²) in [5, 5.41) is 8.95. The van der Waals surface area contributed by atoms with Gasteiger partial charge >= 0.3 is 0 Å². The van der Waals surface area contributed by atoms with Crippen molar-refractivity contribution in [2.45, 2.75) is 11.8 Å². The molecule has 2 nitrogen and oxygen atoms in total. The third-order valence-electron chi connectivity index (χ3n) is 2.40. The van der Waals surface area contributed by atoms with Crippen LogP contribution in [0.1, 0.15) is 11.1 Å². The normalized spacial score (nSPS) is 9.71. The number of ether oxygens (including phenoxy) is 1. The maximum atomic E-state index is 8.95. The third kappa shape index (κ3) is 2.61. The Bertz CT molecular complexity index is 587. The summed E-state index contributed by atoms with van der Waals surface area (Å²) in [6.07, 6.45) is 0. The van der Waals surface area contributed by atoms with Gasteiger partial charge in [-0.25, -0.2) is 0 Å². The Morgan fingerprint density at radius 2 is 1.94 bits per heavy atom. The summed E-state index contributed by atoms with van der Waals surface area (Å²) in [6.45, 7) is 1.96. The zero-order valence-electron chi connectivity index (χ0n) is 9.34. The molecule has 0 amide bonds. The highest BCUT2D eigenvalue weighted by Crippen LogP contribution is 2.27. The van der Waals surface area contributed by atoms with Gasteiger partial charge in [0.1, 0.15) is 17.6 Å². The average Bonchev–Trinajstić information content (AvgIpc) is 2.34. The molecule has 17 heavy (non-hydrogen) atoms. The largest absolute Gasteiger partial charge is 0.456 e. The van der Waals surface area contributed by atoms with Crippen molar-refractivity contribution in [1.29, 1.82) is 5.26 Å². The van der Waals surface area contributed by atoms with Crippen LogP contribution in [0, 0.1) is 18.3 Å². The monoisotopic (exact) mass is 241 g/mol. The molecule has 0 unspecified atom stereocenters. The molecular weight excluding hydrogens is 230 g/mol. The lowest BCUT2D eigenvalue weighted by atomic mass is 10.2. The molecule has 0 aliphatic heterocycles. The predicted molar refractivity (Wildman–Crippen MR) is 69.7 cm³/mol. The minimum atomic E-state index is 0.528. The fraction of sp³-hybridized carbons (Fsp3) is 0.0714. The zero-order valence-corrected chi connectivity index (χ0v) is 10.2. The maximum absolute atomic E-state index is 8.95. The number of hydrogen-bond donors (Lipinski definition) is 1. The van der Waals surface area contributed by atoms with E-state index in [0.29, 0.717) is 17.1 Å². The molecule has 0 aliphatic rings. The third-order valence-corrected chi connectivity index (χ3v) is 2.91. The summed E-state index contributed by atoms with van der Waals surface area (Å²) in [6, 6.07) is 14.9. The standard InChI is InChI=1S/C14H11NOS/c1-10-8-12(6-7-14(10)17)16-13-5-3-2-4-11(13)9-15/h2-8,17H,1H3. The lowest BCUT2D eigenvalue weighted by Gasteiger charge is -2.08. The van der Waals surface area contributed by atoms with Crippen LogP contribution in [0.2, 0.25) is 0 Å². The predicted octanol–water partition coefficient (Wildman–Crippen LogP) is 3.95. The number of para-hydroxylation sites is 1. The van der Waals surface area contributed by atoms with Crippen molar-refractivity contribution in [3.8, 4) is 17.6 Å². The lowest BCUT2D eigenvalue weighted by molar-refractivity contribution is 0.480. The molecule has 0 saturated heterocycles. The molecule has 0 saturated carbocycles. The quantitative estimate of drug-likeness (QED) is 0.808. The van der Waals surface area contributed by atoms with Crippen LogP contribution in [-0.4, -0.2) is 0 Å². The number of benzene rings is 2. The topological polar surface area (TPSA) is 33.0 Å². The highest BCUT2D eigenvalue weighted by molar-refractivity contribution is 7.80. The van der Waals surface area contributed by atoms with E-state index in [1.807, 2.05) is 37.3 Å². The Morgan fingerprint density at radius 1 is 1.18 bits per heavy atom. The van der Waals surface area contributed by atoms with Crippen LogP contribution < -0.4 is 4.74 Å². The first-order chi connectivity index (χ1) is 8.20. The Labute approximate surface area is 106 Å². The van der Waals surface area contributed by atoms with Gasteiger partial charge < -0.3 is 4.74 Å². The van der Waals surface area contributed by atoms with Gasteiger partial charge in [-0.05, 0) is 42.8 Å². The first kappa shape index (κ1) is 11.6. The van der Waals surface area contributed by atoms with Crippen LogP contribution in [0.25, 0.3) is 0 Å². The van der Waals surface area contributed by atoms with Gasteiger partial charge in [0.2, 0.25) is 0 Å². The maximum Gasteiger partial charge on any atom is 0.145 e. The first-order valence-corrected chi connectivity index (χ1v) is 5.62. The number of hydrogen-bond acceptors (Lipinski definition) is 3. The molecule has 2 aromatic rings. The fourth-order valence-electron chi connectivity index (χ4n) is 1.47. The molecule has 3 heteroatoms. The van der Waals surface area contributed by atoms with Crippen LogP contribution in [0.4, 0.5) is 0 Å². The van der Waals surface area contributed by atoms with Crippen molar-refractivity contribution in [3.05, 3.63) is 53.6 Å². The highest BCUT2D eigenvalue weighted by atomic mass is 32.1. The summed E-state index contributed by atoms with van der Waals surface area (Å²) in [4.78, 5) is 0.922.